The summed E-state index contributed by atoms with van der Waals surface area (Å²) in [4.78, 5) is 2.20. The molecule has 1 heterocycles. The van der Waals surface area contributed by atoms with E-state index in [9.17, 15) is 8.42 Å². The second-order valence-electron chi connectivity index (χ2n) is 4.52. The van der Waals surface area contributed by atoms with Crippen LogP contribution in [0.3, 0.4) is 0 Å². The SMILES string of the molecule is CS(=O)(=O)N1CCN(c2ccc(CN)cc2)CC1. The summed E-state index contributed by atoms with van der Waals surface area (Å²) < 4.78 is 24.3. The minimum Gasteiger partial charge on any atom is -0.369 e. The predicted octanol–water partition coefficient (Wildman–Crippen LogP) is 0.227. The molecule has 0 radical (unpaired) electrons. The number of nitrogens with zero attached hydrogens (tertiary/aromatic N) is 2. The highest BCUT2D eigenvalue weighted by Crippen LogP contribution is 2.18. The lowest BCUT2D eigenvalue weighted by Crippen LogP contribution is -2.48. The Kier molecular flexibility index (Phi) is 3.89. The molecule has 1 fully saturated rings. The van der Waals surface area contributed by atoms with Gasteiger partial charge >= 0.3 is 0 Å². The van der Waals surface area contributed by atoms with Gasteiger partial charge in [0.15, 0.2) is 0 Å². The van der Waals surface area contributed by atoms with Gasteiger partial charge in [0.1, 0.15) is 0 Å². The van der Waals surface area contributed by atoms with Crippen molar-refractivity contribution in [2.24, 2.45) is 5.73 Å². The number of hydrogen-bond acceptors (Lipinski definition) is 4. The zero-order valence-electron chi connectivity index (χ0n) is 10.5. The summed E-state index contributed by atoms with van der Waals surface area (Å²) in [5, 5.41) is 0. The number of sulfonamides is 1. The van der Waals surface area contributed by atoms with Crippen molar-refractivity contribution in [2.45, 2.75) is 6.54 Å². The van der Waals surface area contributed by atoms with E-state index in [2.05, 4.69) is 4.90 Å². The maximum Gasteiger partial charge on any atom is 0.211 e. The van der Waals surface area contributed by atoms with E-state index in [1.54, 1.807) is 0 Å². The summed E-state index contributed by atoms with van der Waals surface area (Å²) in [5.41, 5.74) is 7.79. The molecule has 1 aromatic carbocycles. The second kappa shape index (κ2) is 5.26. The van der Waals surface area contributed by atoms with Crippen molar-refractivity contribution < 1.29 is 8.42 Å². The number of piperazine rings is 1. The molecule has 100 valence electrons. The van der Waals surface area contributed by atoms with Crippen LogP contribution in [0.2, 0.25) is 0 Å². The summed E-state index contributed by atoms with van der Waals surface area (Å²) in [6.45, 7) is 3.11. The Labute approximate surface area is 108 Å². The Morgan fingerprint density at radius 3 is 2.11 bits per heavy atom. The standard InChI is InChI=1S/C12H19N3O2S/c1-18(16,17)15-8-6-14(7-9-15)12-4-2-11(10-13)3-5-12/h2-5H,6-10,13H2,1H3. The van der Waals surface area contributed by atoms with Gasteiger partial charge < -0.3 is 10.6 Å². The van der Waals surface area contributed by atoms with Gasteiger partial charge in [0.25, 0.3) is 0 Å². The number of benzene rings is 1. The lowest BCUT2D eigenvalue weighted by Gasteiger charge is -2.34. The van der Waals surface area contributed by atoms with Gasteiger partial charge in [-0.05, 0) is 17.7 Å². The fourth-order valence-electron chi connectivity index (χ4n) is 2.12. The van der Waals surface area contributed by atoms with Crippen LogP contribution in [0.1, 0.15) is 5.56 Å². The molecular formula is C12H19N3O2S. The van der Waals surface area contributed by atoms with Gasteiger partial charge in [0, 0.05) is 38.4 Å². The molecule has 5 nitrogen and oxygen atoms in total. The van der Waals surface area contributed by atoms with E-state index in [1.807, 2.05) is 24.3 Å². The van der Waals surface area contributed by atoms with Crippen LogP contribution in [0.15, 0.2) is 24.3 Å². The van der Waals surface area contributed by atoms with Gasteiger partial charge in [0.05, 0.1) is 6.26 Å². The van der Waals surface area contributed by atoms with Crippen molar-refractivity contribution in [3.05, 3.63) is 29.8 Å². The molecule has 0 spiro atoms. The van der Waals surface area contributed by atoms with Gasteiger partial charge in [-0.2, -0.15) is 4.31 Å². The van der Waals surface area contributed by atoms with Gasteiger partial charge in [0.2, 0.25) is 10.0 Å². The van der Waals surface area contributed by atoms with Gasteiger partial charge in [-0.25, -0.2) is 8.42 Å². The molecule has 0 amide bonds. The fourth-order valence-corrected chi connectivity index (χ4v) is 2.95. The van der Waals surface area contributed by atoms with Gasteiger partial charge in [-0.3, -0.25) is 0 Å². The Bertz CT molecular complexity index is 491. The molecule has 0 aromatic heterocycles. The van der Waals surface area contributed by atoms with E-state index in [0.717, 1.165) is 24.3 Å². The molecule has 1 saturated heterocycles. The minimum atomic E-state index is -3.05. The van der Waals surface area contributed by atoms with Crippen LogP contribution >= 0.6 is 0 Å². The summed E-state index contributed by atoms with van der Waals surface area (Å²) >= 11 is 0. The van der Waals surface area contributed by atoms with Crippen molar-refractivity contribution in [3.63, 3.8) is 0 Å². The summed E-state index contributed by atoms with van der Waals surface area (Å²) in [6, 6.07) is 8.10. The zero-order valence-corrected chi connectivity index (χ0v) is 11.4. The van der Waals surface area contributed by atoms with Crippen molar-refractivity contribution in [3.8, 4) is 0 Å². The first-order chi connectivity index (χ1) is 8.50. The van der Waals surface area contributed by atoms with Crippen molar-refractivity contribution >= 4 is 15.7 Å². The van der Waals surface area contributed by atoms with Crippen LogP contribution in [-0.4, -0.2) is 45.2 Å². The average Bonchev–Trinajstić information content (AvgIpc) is 2.38. The molecule has 0 unspecified atom stereocenters. The molecule has 0 aliphatic carbocycles. The summed E-state index contributed by atoms with van der Waals surface area (Å²) in [5.74, 6) is 0. The van der Waals surface area contributed by atoms with E-state index >= 15 is 0 Å². The third kappa shape index (κ3) is 3.01. The number of nitrogens with two attached hydrogens (primary N) is 1. The summed E-state index contributed by atoms with van der Waals surface area (Å²) in [6.07, 6.45) is 1.26. The van der Waals surface area contributed by atoms with Crippen LogP contribution in [0.25, 0.3) is 0 Å². The molecular weight excluding hydrogens is 250 g/mol. The topological polar surface area (TPSA) is 66.6 Å². The van der Waals surface area contributed by atoms with Crippen LogP contribution in [0, 0.1) is 0 Å². The van der Waals surface area contributed by atoms with E-state index in [4.69, 9.17) is 5.73 Å². The number of rotatable bonds is 3. The highest BCUT2D eigenvalue weighted by molar-refractivity contribution is 7.88. The third-order valence-corrected chi connectivity index (χ3v) is 4.55. The van der Waals surface area contributed by atoms with Crippen molar-refractivity contribution in [1.29, 1.82) is 0 Å². The van der Waals surface area contributed by atoms with Crippen molar-refractivity contribution in [2.75, 3.05) is 37.3 Å². The van der Waals surface area contributed by atoms with Crippen LogP contribution in [-0.2, 0) is 16.6 Å². The lowest BCUT2D eigenvalue weighted by molar-refractivity contribution is 0.388. The largest absolute Gasteiger partial charge is 0.369 e. The monoisotopic (exact) mass is 269 g/mol. The fraction of sp³-hybridized carbons (Fsp3) is 0.500. The molecule has 0 bridgehead atoms. The molecule has 18 heavy (non-hydrogen) atoms. The Hall–Kier alpha value is -1.11. The Balaban J connectivity index is 2.01. The molecule has 1 aliphatic heterocycles. The molecule has 1 aliphatic rings. The van der Waals surface area contributed by atoms with Crippen molar-refractivity contribution in [1.82, 2.24) is 4.31 Å². The molecule has 0 saturated carbocycles. The van der Waals surface area contributed by atoms with E-state index in [0.29, 0.717) is 19.6 Å². The van der Waals surface area contributed by atoms with E-state index in [-0.39, 0.29) is 0 Å². The lowest BCUT2D eigenvalue weighted by atomic mass is 10.2. The number of hydrogen-bond donors (Lipinski definition) is 1. The first kappa shape index (κ1) is 13.3. The number of anilines is 1. The van der Waals surface area contributed by atoms with Gasteiger partial charge in [-0.15, -0.1) is 0 Å². The summed E-state index contributed by atoms with van der Waals surface area (Å²) in [7, 11) is -3.05. The molecule has 2 rings (SSSR count). The van der Waals surface area contributed by atoms with Crippen LogP contribution < -0.4 is 10.6 Å². The van der Waals surface area contributed by atoms with Crippen LogP contribution in [0.4, 0.5) is 5.69 Å². The average molecular weight is 269 g/mol. The quantitative estimate of drug-likeness (QED) is 0.853. The normalized spacial score (nSPS) is 18.0. The maximum atomic E-state index is 11.4. The van der Waals surface area contributed by atoms with Crippen LogP contribution in [0.5, 0.6) is 0 Å². The highest BCUT2D eigenvalue weighted by Gasteiger charge is 2.23. The maximum absolute atomic E-state index is 11.4. The van der Waals surface area contributed by atoms with Gasteiger partial charge in [-0.1, -0.05) is 12.1 Å². The van der Waals surface area contributed by atoms with E-state index < -0.39 is 10.0 Å². The van der Waals surface area contributed by atoms with E-state index in [1.165, 1.54) is 10.6 Å². The molecule has 0 atom stereocenters. The zero-order chi connectivity index (χ0) is 13.2. The minimum absolute atomic E-state index is 0.544. The highest BCUT2D eigenvalue weighted by atomic mass is 32.2. The molecule has 6 heteroatoms. The molecule has 2 N–H and O–H groups in total. The predicted molar refractivity (Wildman–Crippen MR) is 73.0 cm³/mol. The Morgan fingerprint density at radius 1 is 1.11 bits per heavy atom. The third-order valence-electron chi connectivity index (χ3n) is 3.24. The second-order valence-corrected chi connectivity index (χ2v) is 6.50. The Morgan fingerprint density at radius 2 is 1.67 bits per heavy atom. The first-order valence-electron chi connectivity index (χ1n) is 6.00. The molecule has 1 aromatic rings. The first-order valence-corrected chi connectivity index (χ1v) is 7.84. The smallest absolute Gasteiger partial charge is 0.211 e.